The molecule has 1 atom stereocenters. The summed E-state index contributed by atoms with van der Waals surface area (Å²) < 4.78 is 5.27. The van der Waals surface area contributed by atoms with E-state index in [1.54, 1.807) is 4.90 Å². The number of hydrogen-bond donors (Lipinski definition) is 2. The summed E-state index contributed by atoms with van der Waals surface area (Å²) in [5, 5.41) is 0. The summed E-state index contributed by atoms with van der Waals surface area (Å²) >= 11 is 0. The molecule has 20 heavy (non-hydrogen) atoms. The standard InChI is InChI=1S/C14H25N3O3/c15-10-14(4-2-1-3-5-14)8-12(18)17-6-7-20-11(9-17)13(16)19/h11H,1-10,15H2,(H2,16,19). The van der Waals surface area contributed by atoms with Gasteiger partial charge in [0.2, 0.25) is 11.8 Å². The largest absolute Gasteiger partial charge is 0.367 e. The van der Waals surface area contributed by atoms with Crippen LogP contribution in [0.2, 0.25) is 0 Å². The lowest BCUT2D eigenvalue weighted by Crippen LogP contribution is -2.51. The van der Waals surface area contributed by atoms with Crippen molar-refractivity contribution in [1.29, 1.82) is 0 Å². The van der Waals surface area contributed by atoms with E-state index in [2.05, 4.69) is 0 Å². The summed E-state index contributed by atoms with van der Waals surface area (Å²) in [6, 6.07) is 0. The number of hydrogen-bond acceptors (Lipinski definition) is 4. The second-order valence-corrected chi connectivity index (χ2v) is 6.04. The van der Waals surface area contributed by atoms with Gasteiger partial charge in [0.25, 0.3) is 0 Å². The van der Waals surface area contributed by atoms with E-state index in [9.17, 15) is 9.59 Å². The van der Waals surface area contributed by atoms with E-state index in [0.29, 0.717) is 26.1 Å². The van der Waals surface area contributed by atoms with Crippen LogP contribution in [0.25, 0.3) is 0 Å². The molecule has 4 N–H and O–H groups in total. The van der Waals surface area contributed by atoms with Crippen molar-refractivity contribution >= 4 is 11.8 Å². The monoisotopic (exact) mass is 283 g/mol. The molecule has 1 saturated carbocycles. The van der Waals surface area contributed by atoms with E-state index < -0.39 is 12.0 Å². The molecule has 0 spiro atoms. The first-order valence-electron chi connectivity index (χ1n) is 7.45. The molecule has 0 aromatic carbocycles. The van der Waals surface area contributed by atoms with Gasteiger partial charge in [0, 0.05) is 13.0 Å². The summed E-state index contributed by atoms with van der Waals surface area (Å²) in [5.41, 5.74) is 11.1. The molecule has 0 bridgehead atoms. The molecule has 0 aromatic heterocycles. The lowest BCUT2D eigenvalue weighted by molar-refractivity contribution is -0.147. The minimum absolute atomic E-state index is 0.0458. The van der Waals surface area contributed by atoms with E-state index in [4.69, 9.17) is 16.2 Å². The number of carbonyl (C=O) groups is 2. The van der Waals surface area contributed by atoms with Crippen molar-refractivity contribution in [1.82, 2.24) is 4.90 Å². The second kappa shape index (κ2) is 6.54. The fourth-order valence-corrected chi connectivity index (χ4v) is 3.24. The fourth-order valence-electron chi connectivity index (χ4n) is 3.24. The van der Waals surface area contributed by atoms with Crippen LogP contribution in [0.4, 0.5) is 0 Å². The first-order chi connectivity index (χ1) is 9.56. The van der Waals surface area contributed by atoms with Gasteiger partial charge in [0.15, 0.2) is 6.10 Å². The van der Waals surface area contributed by atoms with Gasteiger partial charge in [-0.1, -0.05) is 19.3 Å². The Morgan fingerprint density at radius 3 is 2.55 bits per heavy atom. The Hall–Kier alpha value is -1.14. The van der Waals surface area contributed by atoms with E-state index in [1.165, 1.54) is 6.42 Å². The van der Waals surface area contributed by atoms with Crippen molar-refractivity contribution in [2.45, 2.75) is 44.6 Å². The topological polar surface area (TPSA) is 98.7 Å². The first kappa shape index (κ1) is 15.3. The smallest absolute Gasteiger partial charge is 0.248 e. The summed E-state index contributed by atoms with van der Waals surface area (Å²) in [5.74, 6) is -0.430. The van der Waals surface area contributed by atoms with Crippen LogP contribution in [-0.4, -0.2) is 49.1 Å². The van der Waals surface area contributed by atoms with Crippen LogP contribution < -0.4 is 11.5 Å². The number of primary amides is 1. The molecule has 1 aliphatic heterocycles. The van der Waals surface area contributed by atoms with Gasteiger partial charge in [-0.25, -0.2) is 0 Å². The van der Waals surface area contributed by atoms with Crippen molar-refractivity contribution in [2.24, 2.45) is 16.9 Å². The first-order valence-corrected chi connectivity index (χ1v) is 7.45. The van der Waals surface area contributed by atoms with Gasteiger partial charge in [-0.05, 0) is 24.8 Å². The van der Waals surface area contributed by atoms with Crippen LogP contribution in [-0.2, 0) is 14.3 Å². The van der Waals surface area contributed by atoms with Crippen molar-refractivity contribution in [3.05, 3.63) is 0 Å². The number of nitrogens with zero attached hydrogens (tertiary/aromatic N) is 1. The molecule has 0 radical (unpaired) electrons. The third kappa shape index (κ3) is 3.49. The van der Waals surface area contributed by atoms with Crippen molar-refractivity contribution in [2.75, 3.05) is 26.2 Å². The second-order valence-electron chi connectivity index (χ2n) is 6.04. The zero-order valence-corrected chi connectivity index (χ0v) is 12.0. The molecule has 0 aromatic rings. The van der Waals surface area contributed by atoms with Crippen molar-refractivity contribution in [3.63, 3.8) is 0 Å². The average Bonchev–Trinajstić information content (AvgIpc) is 2.48. The fraction of sp³-hybridized carbons (Fsp3) is 0.857. The van der Waals surface area contributed by atoms with E-state index in [1.807, 2.05) is 0 Å². The molecule has 6 nitrogen and oxygen atoms in total. The molecular weight excluding hydrogens is 258 g/mol. The zero-order chi connectivity index (χ0) is 14.6. The molecule has 2 amide bonds. The van der Waals surface area contributed by atoms with Gasteiger partial charge in [-0.2, -0.15) is 0 Å². The molecule has 6 heteroatoms. The van der Waals surface area contributed by atoms with Crippen LogP contribution in [0.1, 0.15) is 38.5 Å². The molecule has 1 unspecified atom stereocenters. The van der Waals surface area contributed by atoms with E-state index in [0.717, 1.165) is 25.7 Å². The zero-order valence-electron chi connectivity index (χ0n) is 12.0. The molecule has 2 aliphatic rings. The highest BCUT2D eigenvalue weighted by Crippen LogP contribution is 2.38. The summed E-state index contributed by atoms with van der Waals surface area (Å²) in [7, 11) is 0. The van der Waals surface area contributed by atoms with Crippen LogP contribution in [0.15, 0.2) is 0 Å². The third-order valence-electron chi connectivity index (χ3n) is 4.61. The molecular formula is C14H25N3O3. The number of morpholine rings is 1. The summed E-state index contributed by atoms with van der Waals surface area (Å²) in [4.78, 5) is 25.3. The molecule has 1 saturated heterocycles. The Morgan fingerprint density at radius 2 is 1.95 bits per heavy atom. The van der Waals surface area contributed by atoms with Crippen LogP contribution in [0.3, 0.4) is 0 Å². The van der Waals surface area contributed by atoms with Crippen LogP contribution in [0, 0.1) is 5.41 Å². The summed E-state index contributed by atoms with van der Waals surface area (Å²) in [6.07, 6.45) is 5.40. The lowest BCUT2D eigenvalue weighted by atomic mass is 9.71. The highest BCUT2D eigenvalue weighted by molar-refractivity contribution is 5.81. The number of rotatable bonds is 4. The quantitative estimate of drug-likeness (QED) is 0.758. The minimum atomic E-state index is -0.673. The molecule has 114 valence electrons. The minimum Gasteiger partial charge on any atom is -0.367 e. The average molecular weight is 283 g/mol. The van der Waals surface area contributed by atoms with Gasteiger partial charge in [0.1, 0.15) is 0 Å². The molecule has 1 aliphatic carbocycles. The lowest BCUT2D eigenvalue weighted by Gasteiger charge is -2.38. The van der Waals surface area contributed by atoms with Gasteiger partial charge >= 0.3 is 0 Å². The molecule has 2 fully saturated rings. The number of carbonyl (C=O) groups excluding carboxylic acids is 2. The maximum Gasteiger partial charge on any atom is 0.248 e. The number of ether oxygens (including phenoxy) is 1. The third-order valence-corrected chi connectivity index (χ3v) is 4.61. The van der Waals surface area contributed by atoms with Crippen molar-refractivity contribution in [3.8, 4) is 0 Å². The van der Waals surface area contributed by atoms with E-state index in [-0.39, 0.29) is 17.9 Å². The Morgan fingerprint density at radius 1 is 1.25 bits per heavy atom. The van der Waals surface area contributed by atoms with Crippen molar-refractivity contribution < 1.29 is 14.3 Å². The van der Waals surface area contributed by atoms with Crippen LogP contribution in [0.5, 0.6) is 0 Å². The van der Waals surface area contributed by atoms with Gasteiger partial charge < -0.3 is 21.1 Å². The Kier molecular flexibility index (Phi) is 4.99. The predicted molar refractivity (Wildman–Crippen MR) is 74.7 cm³/mol. The van der Waals surface area contributed by atoms with Crippen LogP contribution >= 0.6 is 0 Å². The Balaban J connectivity index is 1.94. The normalized spacial score (nSPS) is 26.2. The van der Waals surface area contributed by atoms with Gasteiger partial charge in [0.05, 0.1) is 13.2 Å². The SMILES string of the molecule is NCC1(CC(=O)N2CCOC(C(N)=O)C2)CCCCC1. The number of nitrogens with two attached hydrogens (primary N) is 2. The Labute approximate surface area is 119 Å². The van der Waals surface area contributed by atoms with E-state index >= 15 is 0 Å². The Bertz CT molecular complexity index is 367. The van der Waals surface area contributed by atoms with Gasteiger partial charge in [-0.15, -0.1) is 0 Å². The van der Waals surface area contributed by atoms with Gasteiger partial charge in [-0.3, -0.25) is 9.59 Å². The highest BCUT2D eigenvalue weighted by atomic mass is 16.5. The molecule has 1 heterocycles. The predicted octanol–water partition coefficient (Wildman–Crippen LogP) is -0.00160. The summed E-state index contributed by atoms with van der Waals surface area (Å²) in [6.45, 7) is 1.73. The maximum absolute atomic E-state index is 12.5. The number of amides is 2. The highest BCUT2D eigenvalue weighted by Gasteiger charge is 2.36. The molecule has 2 rings (SSSR count). The maximum atomic E-state index is 12.5.